The zero-order chi connectivity index (χ0) is 21.2. The third-order valence-corrected chi connectivity index (χ3v) is 5.75. The normalized spacial score (nSPS) is 15.9. The second-order valence-electron chi connectivity index (χ2n) is 7.79. The lowest BCUT2D eigenvalue weighted by atomic mass is 9.95. The van der Waals surface area contributed by atoms with Gasteiger partial charge in [0.1, 0.15) is 5.52 Å². The average molecular weight is 421 g/mol. The number of anilines is 1. The Hall–Kier alpha value is -3.55. The molecule has 5 rings (SSSR count). The minimum absolute atomic E-state index is 0.0301. The van der Waals surface area contributed by atoms with Crippen molar-refractivity contribution < 1.29 is 23.5 Å². The molecule has 1 N–H and O–H groups in total. The quantitative estimate of drug-likeness (QED) is 0.679. The summed E-state index contributed by atoms with van der Waals surface area (Å²) in [5.41, 5.74) is 2.23. The van der Waals surface area contributed by atoms with Gasteiger partial charge in [-0.3, -0.25) is 9.59 Å². The Bertz CT molecular complexity index is 1080. The topological polar surface area (TPSA) is 93.9 Å². The van der Waals surface area contributed by atoms with E-state index >= 15 is 0 Å². The minimum Gasteiger partial charge on any atom is -0.454 e. The lowest BCUT2D eigenvalue weighted by molar-refractivity contribution is -0.134. The maximum Gasteiger partial charge on any atom is 0.231 e. The number of ether oxygens (including phenoxy) is 2. The van der Waals surface area contributed by atoms with Gasteiger partial charge in [-0.25, -0.2) is 4.98 Å². The van der Waals surface area contributed by atoms with E-state index in [0.717, 1.165) is 11.1 Å². The van der Waals surface area contributed by atoms with Crippen molar-refractivity contribution in [3.8, 4) is 11.5 Å². The summed E-state index contributed by atoms with van der Waals surface area (Å²) in [6, 6.07) is 12.9. The maximum atomic E-state index is 12.6. The number of amides is 2. The molecular formula is C23H23N3O5. The zero-order valence-electron chi connectivity index (χ0n) is 17.0. The van der Waals surface area contributed by atoms with Crippen molar-refractivity contribution in [1.29, 1.82) is 0 Å². The molecule has 8 nitrogen and oxygen atoms in total. The number of para-hydroxylation sites is 2. The summed E-state index contributed by atoms with van der Waals surface area (Å²) in [7, 11) is 0. The summed E-state index contributed by atoms with van der Waals surface area (Å²) in [4.78, 5) is 31.5. The van der Waals surface area contributed by atoms with Crippen LogP contribution in [0.4, 0.5) is 5.69 Å². The van der Waals surface area contributed by atoms with Crippen molar-refractivity contribution in [1.82, 2.24) is 9.88 Å². The Morgan fingerprint density at radius 3 is 2.71 bits per heavy atom. The standard InChI is InChI=1S/C23H23N3O5/c27-22(8-7-21-25-17-3-1-2-4-18(17)31-21)26-11-9-15(10-12-26)23(28)24-16-5-6-19-20(13-16)30-14-29-19/h1-6,13,15H,7-12,14H2,(H,24,28). The van der Waals surface area contributed by atoms with Crippen LogP contribution in [0.1, 0.15) is 25.2 Å². The minimum atomic E-state index is -0.119. The van der Waals surface area contributed by atoms with E-state index in [1.54, 1.807) is 18.2 Å². The highest BCUT2D eigenvalue weighted by Crippen LogP contribution is 2.34. The third kappa shape index (κ3) is 4.19. The predicted octanol–water partition coefficient (Wildman–Crippen LogP) is 3.37. The van der Waals surface area contributed by atoms with Crippen LogP contribution < -0.4 is 14.8 Å². The molecule has 2 aliphatic heterocycles. The molecule has 1 aromatic heterocycles. The number of aryl methyl sites for hydroxylation is 1. The van der Waals surface area contributed by atoms with E-state index in [1.807, 2.05) is 29.2 Å². The van der Waals surface area contributed by atoms with Crippen LogP contribution in [-0.4, -0.2) is 41.6 Å². The summed E-state index contributed by atoms with van der Waals surface area (Å²) in [5, 5.41) is 2.95. The molecule has 0 aliphatic carbocycles. The second-order valence-corrected chi connectivity index (χ2v) is 7.79. The average Bonchev–Trinajstić information content (AvgIpc) is 3.43. The lowest BCUT2D eigenvalue weighted by Crippen LogP contribution is -2.41. The number of carbonyl (C=O) groups is 2. The first-order valence-corrected chi connectivity index (χ1v) is 10.5. The highest BCUT2D eigenvalue weighted by Gasteiger charge is 2.27. The summed E-state index contributed by atoms with van der Waals surface area (Å²) in [6.07, 6.45) is 2.11. The van der Waals surface area contributed by atoms with Gasteiger partial charge in [0.05, 0.1) is 0 Å². The molecule has 2 aromatic carbocycles. The number of nitrogens with one attached hydrogen (secondary N) is 1. The smallest absolute Gasteiger partial charge is 0.231 e. The molecule has 2 aliphatic rings. The number of nitrogens with zero attached hydrogens (tertiary/aromatic N) is 2. The van der Waals surface area contributed by atoms with Gasteiger partial charge in [-0.05, 0) is 37.1 Å². The first-order chi connectivity index (χ1) is 15.2. The monoisotopic (exact) mass is 421 g/mol. The maximum absolute atomic E-state index is 12.6. The molecular weight excluding hydrogens is 398 g/mol. The van der Waals surface area contributed by atoms with Crippen molar-refractivity contribution in [2.45, 2.75) is 25.7 Å². The van der Waals surface area contributed by atoms with Crippen LogP contribution in [0.3, 0.4) is 0 Å². The Labute approximate surface area is 179 Å². The van der Waals surface area contributed by atoms with Gasteiger partial charge in [0, 0.05) is 43.6 Å². The lowest BCUT2D eigenvalue weighted by Gasteiger charge is -2.31. The Morgan fingerprint density at radius 1 is 1.06 bits per heavy atom. The van der Waals surface area contributed by atoms with Crippen molar-refractivity contribution in [2.24, 2.45) is 5.92 Å². The Kier molecular flexibility index (Phi) is 5.19. The molecule has 8 heteroatoms. The van der Waals surface area contributed by atoms with E-state index in [-0.39, 0.29) is 24.5 Å². The van der Waals surface area contributed by atoms with E-state index in [2.05, 4.69) is 10.3 Å². The van der Waals surface area contributed by atoms with Crippen LogP contribution in [0, 0.1) is 5.92 Å². The number of oxazole rings is 1. The highest BCUT2D eigenvalue weighted by atomic mass is 16.7. The SMILES string of the molecule is O=C(Nc1ccc2c(c1)OCO2)C1CCN(C(=O)CCc2nc3ccccc3o2)CC1. The molecule has 0 radical (unpaired) electrons. The van der Waals surface area contributed by atoms with Crippen LogP contribution in [0.2, 0.25) is 0 Å². The molecule has 1 fully saturated rings. The van der Waals surface area contributed by atoms with E-state index in [0.29, 0.717) is 61.8 Å². The highest BCUT2D eigenvalue weighted by molar-refractivity contribution is 5.93. The second kappa shape index (κ2) is 8.29. The first-order valence-electron chi connectivity index (χ1n) is 10.5. The van der Waals surface area contributed by atoms with Crippen LogP contribution in [0.15, 0.2) is 46.9 Å². The van der Waals surface area contributed by atoms with Crippen LogP contribution in [-0.2, 0) is 16.0 Å². The van der Waals surface area contributed by atoms with Crippen LogP contribution >= 0.6 is 0 Å². The zero-order valence-corrected chi connectivity index (χ0v) is 17.0. The van der Waals surface area contributed by atoms with Crippen molar-refractivity contribution in [3.63, 3.8) is 0 Å². The number of rotatable bonds is 5. The molecule has 0 spiro atoms. The van der Waals surface area contributed by atoms with Crippen molar-refractivity contribution in [3.05, 3.63) is 48.4 Å². The molecule has 31 heavy (non-hydrogen) atoms. The Morgan fingerprint density at radius 2 is 1.87 bits per heavy atom. The van der Waals surface area contributed by atoms with Crippen LogP contribution in [0.5, 0.6) is 11.5 Å². The largest absolute Gasteiger partial charge is 0.454 e. The predicted molar refractivity (Wildman–Crippen MR) is 113 cm³/mol. The summed E-state index contributed by atoms with van der Waals surface area (Å²) < 4.78 is 16.3. The molecule has 2 amide bonds. The molecule has 160 valence electrons. The molecule has 0 unspecified atom stereocenters. The molecule has 3 heterocycles. The van der Waals surface area contributed by atoms with Crippen LogP contribution in [0.25, 0.3) is 11.1 Å². The van der Waals surface area contributed by atoms with Gasteiger partial charge in [-0.15, -0.1) is 0 Å². The van der Waals surface area contributed by atoms with Gasteiger partial charge in [-0.2, -0.15) is 0 Å². The molecule has 3 aromatic rings. The molecule has 0 atom stereocenters. The number of aromatic nitrogens is 1. The number of benzene rings is 2. The Balaban J connectivity index is 1.10. The fraction of sp³-hybridized carbons (Fsp3) is 0.348. The van der Waals surface area contributed by atoms with E-state index in [4.69, 9.17) is 13.9 Å². The number of likely N-dealkylation sites (tertiary alicyclic amines) is 1. The molecule has 1 saturated heterocycles. The van der Waals surface area contributed by atoms with Crippen molar-refractivity contribution >= 4 is 28.6 Å². The first kappa shape index (κ1) is 19.4. The van der Waals surface area contributed by atoms with Gasteiger partial charge in [0.25, 0.3) is 0 Å². The number of hydrogen-bond donors (Lipinski definition) is 1. The summed E-state index contributed by atoms with van der Waals surface area (Å²) >= 11 is 0. The van der Waals surface area contributed by atoms with E-state index < -0.39 is 0 Å². The summed E-state index contributed by atoms with van der Waals surface area (Å²) in [5.74, 6) is 1.81. The van der Waals surface area contributed by atoms with Gasteiger partial charge in [-0.1, -0.05) is 12.1 Å². The number of piperidine rings is 1. The van der Waals surface area contributed by atoms with E-state index in [1.165, 1.54) is 0 Å². The van der Waals surface area contributed by atoms with Gasteiger partial charge in [0.15, 0.2) is 23.0 Å². The number of hydrogen-bond acceptors (Lipinski definition) is 6. The van der Waals surface area contributed by atoms with Gasteiger partial charge >= 0.3 is 0 Å². The fourth-order valence-electron chi connectivity index (χ4n) is 4.01. The molecule has 0 saturated carbocycles. The fourth-order valence-corrected chi connectivity index (χ4v) is 4.01. The third-order valence-electron chi connectivity index (χ3n) is 5.75. The molecule has 0 bridgehead atoms. The van der Waals surface area contributed by atoms with Gasteiger partial charge < -0.3 is 24.1 Å². The van der Waals surface area contributed by atoms with E-state index in [9.17, 15) is 9.59 Å². The van der Waals surface area contributed by atoms with Crippen molar-refractivity contribution in [2.75, 3.05) is 25.2 Å². The number of fused-ring (bicyclic) bond motifs is 2. The van der Waals surface area contributed by atoms with Gasteiger partial charge in [0.2, 0.25) is 18.6 Å². The number of carbonyl (C=O) groups excluding carboxylic acids is 2. The summed E-state index contributed by atoms with van der Waals surface area (Å²) in [6.45, 7) is 1.35.